The van der Waals surface area contributed by atoms with Gasteiger partial charge in [0.15, 0.2) is 5.16 Å². The number of hydrogen-bond acceptors (Lipinski definition) is 6. The summed E-state index contributed by atoms with van der Waals surface area (Å²) < 4.78 is 2.19. The van der Waals surface area contributed by atoms with E-state index in [9.17, 15) is 0 Å². The average Bonchev–Trinajstić information content (AvgIpc) is 3.47. The third-order valence-electron chi connectivity index (χ3n) is 5.22. The van der Waals surface area contributed by atoms with Gasteiger partial charge in [-0.1, -0.05) is 11.8 Å². The molecule has 7 heteroatoms. The SMILES string of the molecule is CSc1nccc(N2CCN(c3ccc4nc(C5CC5)cn4c3)CC2)n1. The highest BCUT2D eigenvalue weighted by atomic mass is 32.2. The lowest BCUT2D eigenvalue weighted by atomic mass is 10.2. The molecule has 4 heterocycles. The molecule has 3 aromatic heterocycles. The van der Waals surface area contributed by atoms with E-state index < -0.39 is 0 Å². The van der Waals surface area contributed by atoms with Crippen LogP contribution in [-0.2, 0) is 0 Å². The van der Waals surface area contributed by atoms with Gasteiger partial charge < -0.3 is 14.2 Å². The molecule has 134 valence electrons. The number of hydrogen-bond donors (Lipinski definition) is 0. The van der Waals surface area contributed by atoms with E-state index in [1.165, 1.54) is 24.2 Å². The van der Waals surface area contributed by atoms with Crippen LogP contribution in [0.25, 0.3) is 5.65 Å². The molecule has 2 aliphatic rings. The molecule has 5 rings (SSSR count). The van der Waals surface area contributed by atoms with E-state index in [1.54, 1.807) is 11.8 Å². The van der Waals surface area contributed by atoms with Crippen molar-refractivity contribution in [3.8, 4) is 0 Å². The van der Waals surface area contributed by atoms with E-state index in [0.29, 0.717) is 5.92 Å². The van der Waals surface area contributed by atoms with Gasteiger partial charge in [-0.25, -0.2) is 15.0 Å². The predicted octanol–water partition coefficient (Wildman–Crippen LogP) is 3.05. The second kappa shape index (κ2) is 6.46. The van der Waals surface area contributed by atoms with Crippen LogP contribution >= 0.6 is 11.8 Å². The molecule has 6 nitrogen and oxygen atoms in total. The highest BCUT2D eigenvalue weighted by molar-refractivity contribution is 7.98. The molecule has 0 radical (unpaired) electrons. The molecule has 1 saturated carbocycles. The minimum atomic E-state index is 0.695. The number of imidazole rings is 1. The Morgan fingerprint density at radius 2 is 1.77 bits per heavy atom. The van der Waals surface area contributed by atoms with Gasteiger partial charge in [-0.15, -0.1) is 0 Å². The van der Waals surface area contributed by atoms with E-state index >= 15 is 0 Å². The largest absolute Gasteiger partial charge is 0.367 e. The van der Waals surface area contributed by atoms with Crippen LogP contribution in [0.15, 0.2) is 41.9 Å². The molecular weight excluding hydrogens is 344 g/mol. The van der Waals surface area contributed by atoms with E-state index in [-0.39, 0.29) is 0 Å². The fourth-order valence-electron chi connectivity index (χ4n) is 3.56. The minimum absolute atomic E-state index is 0.695. The zero-order valence-electron chi connectivity index (χ0n) is 14.9. The van der Waals surface area contributed by atoms with Gasteiger partial charge >= 0.3 is 0 Å². The van der Waals surface area contributed by atoms with Crippen LogP contribution < -0.4 is 9.80 Å². The first kappa shape index (κ1) is 15.9. The quantitative estimate of drug-likeness (QED) is 0.522. The van der Waals surface area contributed by atoms with E-state index in [2.05, 4.69) is 48.7 Å². The van der Waals surface area contributed by atoms with Gasteiger partial charge in [-0.05, 0) is 37.3 Å². The van der Waals surface area contributed by atoms with Crippen molar-refractivity contribution in [3.63, 3.8) is 0 Å². The van der Waals surface area contributed by atoms with Crippen molar-refractivity contribution in [1.29, 1.82) is 0 Å². The number of fused-ring (bicyclic) bond motifs is 1. The fraction of sp³-hybridized carbons (Fsp3) is 0.421. The van der Waals surface area contributed by atoms with Crippen LogP contribution in [-0.4, -0.2) is 51.8 Å². The normalized spacial score (nSPS) is 17.9. The standard InChI is InChI=1S/C19H22N6S/c1-26-19-20-7-6-18(22-19)24-10-8-23(9-11-24)15-4-5-17-21-16(14-2-3-14)13-25(17)12-15/h4-7,12-14H,2-3,8-11H2,1H3. The van der Waals surface area contributed by atoms with Crippen molar-refractivity contribution in [2.45, 2.75) is 23.9 Å². The van der Waals surface area contributed by atoms with Gasteiger partial charge in [0.1, 0.15) is 11.5 Å². The van der Waals surface area contributed by atoms with Crippen LogP contribution in [0.4, 0.5) is 11.5 Å². The van der Waals surface area contributed by atoms with Crippen molar-refractivity contribution >= 4 is 28.9 Å². The molecule has 1 saturated heterocycles. The summed E-state index contributed by atoms with van der Waals surface area (Å²) in [5.74, 6) is 1.73. The Balaban J connectivity index is 1.30. The lowest BCUT2D eigenvalue weighted by Crippen LogP contribution is -2.46. The summed E-state index contributed by atoms with van der Waals surface area (Å²) in [6, 6.07) is 6.35. The average molecular weight is 366 g/mol. The third-order valence-corrected chi connectivity index (χ3v) is 5.78. The summed E-state index contributed by atoms with van der Waals surface area (Å²) in [6.07, 6.45) is 10.9. The number of thioether (sulfide) groups is 1. The van der Waals surface area contributed by atoms with Crippen molar-refractivity contribution in [2.75, 3.05) is 42.2 Å². The van der Waals surface area contributed by atoms with Crippen LogP contribution in [0.3, 0.4) is 0 Å². The van der Waals surface area contributed by atoms with E-state index in [4.69, 9.17) is 4.98 Å². The molecule has 0 bridgehead atoms. The van der Waals surface area contributed by atoms with Crippen molar-refractivity contribution < 1.29 is 0 Å². The van der Waals surface area contributed by atoms with Gasteiger partial charge in [0.25, 0.3) is 0 Å². The first-order valence-corrected chi connectivity index (χ1v) is 10.4. The highest BCUT2D eigenvalue weighted by Crippen LogP contribution is 2.39. The van der Waals surface area contributed by atoms with Gasteiger partial charge in [0, 0.05) is 50.7 Å². The zero-order chi connectivity index (χ0) is 17.5. The van der Waals surface area contributed by atoms with Crippen molar-refractivity contribution in [3.05, 3.63) is 42.5 Å². The van der Waals surface area contributed by atoms with Gasteiger partial charge in [0.2, 0.25) is 0 Å². The van der Waals surface area contributed by atoms with Crippen LogP contribution in [0, 0.1) is 0 Å². The van der Waals surface area contributed by atoms with Crippen LogP contribution in [0.1, 0.15) is 24.5 Å². The number of nitrogens with zero attached hydrogens (tertiary/aromatic N) is 6. The molecule has 0 unspecified atom stereocenters. The number of anilines is 2. The first-order chi connectivity index (χ1) is 12.8. The number of rotatable bonds is 4. The number of piperazine rings is 1. The molecule has 2 fully saturated rings. The summed E-state index contributed by atoms with van der Waals surface area (Å²) >= 11 is 1.59. The molecule has 0 atom stereocenters. The van der Waals surface area contributed by atoms with Crippen molar-refractivity contribution in [1.82, 2.24) is 19.4 Å². The number of aromatic nitrogens is 4. The smallest absolute Gasteiger partial charge is 0.189 e. The Labute approximate surface area is 157 Å². The van der Waals surface area contributed by atoms with E-state index in [1.807, 2.05) is 18.5 Å². The zero-order valence-corrected chi connectivity index (χ0v) is 15.7. The lowest BCUT2D eigenvalue weighted by Gasteiger charge is -2.36. The Morgan fingerprint density at radius 1 is 0.962 bits per heavy atom. The number of pyridine rings is 1. The Kier molecular flexibility index (Phi) is 3.96. The predicted molar refractivity (Wildman–Crippen MR) is 105 cm³/mol. The third kappa shape index (κ3) is 3.00. The summed E-state index contributed by atoms with van der Waals surface area (Å²) in [4.78, 5) is 18.4. The topological polar surface area (TPSA) is 49.6 Å². The summed E-state index contributed by atoms with van der Waals surface area (Å²) in [6.45, 7) is 3.93. The van der Waals surface area contributed by atoms with Crippen LogP contribution in [0.2, 0.25) is 0 Å². The van der Waals surface area contributed by atoms with Crippen LogP contribution in [0.5, 0.6) is 0 Å². The molecule has 0 aromatic carbocycles. The molecule has 0 amide bonds. The maximum Gasteiger partial charge on any atom is 0.189 e. The molecule has 1 aliphatic heterocycles. The summed E-state index contributed by atoms with van der Waals surface area (Å²) in [7, 11) is 0. The lowest BCUT2D eigenvalue weighted by molar-refractivity contribution is 0.642. The van der Waals surface area contributed by atoms with E-state index in [0.717, 1.165) is 42.8 Å². The Morgan fingerprint density at radius 3 is 2.54 bits per heavy atom. The molecule has 1 aliphatic carbocycles. The molecule has 0 N–H and O–H groups in total. The highest BCUT2D eigenvalue weighted by Gasteiger charge is 2.26. The monoisotopic (exact) mass is 366 g/mol. The Hall–Kier alpha value is -2.28. The second-order valence-corrected chi connectivity index (χ2v) is 7.74. The summed E-state index contributed by atoms with van der Waals surface area (Å²) in [5, 5.41) is 0.835. The maximum atomic E-state index is 4.75. The van der Waals surface area contributed by atoms with Crippen molar-refractivity contribution in [2.24, 2.45) is 0 Å². The minimum Gasteiger partial charge on any atom is -0.367 e. The maximum absolute atomic E-state index is 4.75. The Bertz CT molecular complexity index is 927. The van der Waals surface area contributed by atoms with Gasteiger partial charge in [0.05, 0.1) is 11.4 Å². The molecule has 26 heavy (non-hydrogen) atoms. The van der Waals surface area contributed by atoms with Gasteiger partial charge in [-0.2, -0.15) is 0 Å². The molecule has 3 aromatic rings. The van der Waals surface area contributed by atoms with Gasteiger partial charge in [-0.3, -0.25) is 0 Å². The fourth-order valence-corrected chi connectivity index (χ4v) is 3.91. The molecule has 0 spiro atoms. The second-order valence-electron chi connectivity index (χ2n) is 6.97. The summed E-state index contributed by atoms with van der Waals surface area (Å²) in [5.41, 5.74) is 3.57. The first-order valence-electron chi connectivity index (χ1n) is 9.16. The molecular formula is C19H22N6S.